The number of H-pyrrole nitrogens is 2. The maximum absolute atomic E-state index is 6.37. The number of nitrogens with zero attached hydrogens (tertiary/aromatic N) is 2. The van der Waals surface area contributed by atoms with E-state index < -0.39 is 0 Å². The Morgan fingerprint density at radius 3 is 2.81 bits per heavy atom. The Kier molecular flexibility index (Phi) is 4.06. The van der Waals surface area contributed by atoms with Gasteiger partial charge in [-0.15, -0.1) is 0 Å². The first-order valence-electron chi connectivity index (χ1n) is 9.37. The van der Waals surface area contributed by atoms with Gasteiger partial charge in [-0.25, -0.2) is 4.98 Å². The molecule has 2 aromatic heterocycles. The van der Waals surface area contributed by atoms with E-state index in [-0.39, 0.29) is 0 Å². The predicted octanol–water partition coefficient (Wildman–Crippen LogP) is 5.25. The van der Waals surface area contributed by atoms with Crippen LogP contribution in [0.4, 0.5) is 11.6 Å². The van der Waals surface area contributed by atoms with Gasteiger partial charge in [0.15, 0.2) is 0 Å². The van der Waals surface area contributed by atoms with E-state index in [1.54, 1.807) is 0 Å². The summed E-state index contributed by atoms with van der Waals surface area (Å²) in [7, 11) is 2.20. The van der Waals surface area contributed by atoms with Gasteiger partial charge >= 0.3 is 0 Å². The molecule has 1 aliphatic rings. The number of anilines is 2. The van der Waals surface area contributed by atoms with Crippen LogP contribution < -0.4 is 5.32 Å². The van der Waals surface area contributed by atoms with Crippen molar-refractivity contribution in [3.8, 4) is 0 Å². The number of hydrogen-bond donors (Lipinski definition) is 3. The van der Waals surface area contributed by atoms with Crippen molar-refractivity contribution in [1.29, 1.82) is 0 Å². The summed E-state index contributed by atoms with van der Waals surface area (Å²) in [6.07, 6.45) is 4.33. The fourth-order valence-electron chi connectivity index (χ4n) is 4.01. The van der Waals surface area contributed by atoms with Gasteiger partial charge in [-0.1, -0.05) is 17.7 Å². The summed E-state index contributed by atoms with van der Waals surface area (Å²) in [6, 6.07) is 12.5. The molecule has 0 unspecified atom stereocenters. The maximum Gasteiger partial charge on any atom is 0.205 e. The Balaban J connectivity index is 1.42. The molecule has 0 bridgehead atoms. The number of imidazole rings is 1. The van der Waals surface area contributed by atoms with E-state index >= 15 is 0 Å². The second-order valence-corrected chi connectivity index (χ2v) is 7.87. The monoisotopic (exact) mass is 379 g/mol. The van der Waals surface area contributed by atoms with Crippen molar-refractivity contribution in [2.45, 2.75) is 18.8 Å². The van der Waals surface area contributed by atoms with Crippen molar-refractivity contribution >= 4 is 45.2 Å². The summed E-state index contributed by atoms with van der Waals surface area (Å²) in [5.41, 5.74) is 5.36. The second-order valence-electron chi connectivity index (χ2n) is 7.46. The van der Waals surface area contributed by atoms with Crippen molar-refractivity contribution in [3.63, 3.8) is 0 Å². The highest BCUT2D eigenvalue weighted by molar-refractivity contribution is 6.35. The van der Waals surface area contributed by atoms with Gasteiger partial charge in [-0.2, -0.15) is 0 Å². The number of likely N-dealkylation sites (tertiary alicyclic amines) is 1. The van der Waals surface area contributed by atoms with Gasteiger partial charge in [0.25, 0.3) is 0 Å². The molecule has 0 amide bonds. The van der Waals surface area contributed by atoms with E-state index in [0.29, 0.717) is 5.92 Å². The van der Waals surface area contributed by atoms with E-state index in [9.17, 15) is 0 Å². The fourth-order valence-corrected chi connectivity index (χ4v) is 4.29. The van der Waals surface area contributed by atoms with E-state index in [4.69, 9.17) is 11.6 Å². The van der Waals surface area contributed by atoms with Crippen molar-refractivity contribution in [2.75, 3.05) is 25.5 Å². The molecule has 27 heavy (non-hydrogen) atoms. The number of hydrogen-bond acceptors (Lipinski definition) is 3. The highest BCUT2D eigenvalue weighted by Gasteiger charge is 2.19. The molecule has 2 aromatic carbocycles. The number of benzene rings is 2. The summed E-state index contributed by atoms with van der Waals surface area (Å²) in [5.74, 6) is 1.37. The molecule has 5 nitrogen and oxygen atoms in total. The minimum atomic E-state index is 0.638. The first kappa shape index (κ1) is 16.7. The number of aromatic amines is 2. The van der Waals surface area contributed by atoms with Gasteiger partial charge in [-0.05, 0) is 74.8 Å². The van der Waals surface area contributed by atoms with Crippen LogP contribution in [0.15, 0.2) is 42.6 Å². The highest BCUT2D eigenvalue weighted by Crippen LogP contribution is 2.31. The molecule has 4 aromatic rings. The SMILES string of the molecule is CN1CCC(c2ccc3nc(Nc4cc(Cl)c5cc[nH]c5c4)[nH]c3c2)CC1. The third-order valence-electron chi connectivity index (χ3n) is 5.58. The van der Waals surface area contributed by atoms with Crippen LogP contribution >= 0.6 is 11.6 Å². The lowest BCUT2D eigenvalue weighted by Crippen LogP contribution is -2.29. The Morgan fingerprint density at radius 1 is 1.11 bits per heavy atom. The number of piperidine rings is 1. The number of fused-ring (bicyclic) bond motifs is 2. The van der Waals surface area contributed by atoms with E-state index in [1.165, 1.54) is 31.5 Å². The smallest absolute Gasteiger partial charge is 0.205 e. The standard InChI is InChI=1S/C21H22ClN5/c1-27-8-5-13(6-9-27)14-2-3-18-20(10-14)26-21(25-18)24-15-11-17(22)16-4-7-23-19(16)12-15/h2-4,7,10-13,23H,5-6,8-9H2,1H3,(H2,24,25,26). The second kappa shape index (κ2) is 6.59. The van der Waals surface area contributed by atoms with Crippen LogP contribution in [0.2, 0.25) is 5.02 Å². The third kappa shape index (κ3) is 3.17. The van der Waals surface area contributed by atoms with E-state index in [2.05, 4.69) is 50.4 Å². The molecule has 5 rings (SSSR count). The topological polar surface area (TPSA) is 59.7 Å². The van der Waals surface area contributed by atoms with E-state index in [0.717, 1.165) is 38.6 Å². The van der Waals surface area contributed by atoms with Crippen LogP contribution in [0.5, 0.6) is 0 Å². The molecule has 1 saturated heterocycles. The minimum absolute atomic E-state index is 0.638. The van der Waals surface area contributed by atoms with Crippen LogP contribution in [0.25, 0.3) is 21.9 Å². The normalized spacial score (nSPS) is 16.4. The molecule has 0 aliphatic carbocycles. The summed E-state index contributed by atoms with van der Waals surface area (Å²) < 4.78 is 0. The molecule has 0 spiro atoms. The lowest BCUT2D eigenvalue weighted by molar-refractivity contribution is 0.255. The minimum Gasteiger partial charge on any atom is -0.361 e. The molecular weight excluding hydrogens is 358 g/mol. The zero-order valence-electron chi connectivity index (χ0n) is 15.2. The van der Waals surface area contributed by atoms with Gasteiger partial charge in [0.1, 0.15) is 0 Å². The molecular formula is C21H22ClN5. The van der Waals surface area contributed by atoms with Gasteiger partial charge in [0.05, 0.1) is 16.1 Å². The quantitative estimate of drug-likeness (QED) is 0.455. The fraction of sp³-hybridized carbons (Fsp3) is 0.286. The summed E-state index contributed by atoms with van der Waals surface area (Å²) in [4.78, 5) is 13.7. The summed E-state index contributed by atoms with van der Waals surface area (Å²) >= 11 is 6.37. The zero-order chi connectivity index (χ0) is 18.4. The first-order valence-corrected chi connectivity index (χ1v) is 9.75. The molecule has 6 heteroatoms. The predicted molar refractivity (Wildman–Crippen MR) is 112 cm³/mol. The largest absolute Gasteiger partial charge is 0.361 e. The van der Waals surface area contributed by atoms with Crippen LogP contribution in [-0.2, 0) is 0 Å². The van der Waals surface area contributed by atoms with Crippen LogP contribution in [0.1, 0.15) is 24.3 Å². The van der Waals surface area contributed by atoms with Gasteiger partial charge < -0.3 is 20.2 Å². The first-order chi connectivity index (χ1) is 13.2. The lowest BCUT2D eigenvalue weighted by atomic mass is 9.89. The molecule has 138 valence electrons. The zero-order valence-corrected chi connectivity index (χ0v) is 16.0. The van der Waals surface area contributed by atoms with Gasteiger partial charge in [0, 0.05) is 22.8 Å². The molecule has 1 fully saturated rings. The Labute approximate surface area is 162 Å². The number of nitrogens with one attached hydrogen (secondary N) is 3. The van der Waals surface area contributed by atoms with Crippen molar-refractivity contribution in [2.24, 2.45) is 0 Å². The summed E-state index contributed by atoms with van der Waals surface area (Å²) in [5, 5.41) is 5.09. The maximum atomic E-state index is 6.37. The van der Waals surface area contributed by atoms with Crippen LogP contribution in [0, 0.1) is 0 Å². The average molecular weight is 380 g/mol. The summed E-state index contributed by atoms with van der Waals surface area (Å²) in [6.45, 7) is 2.33. The average Bonchev–Trinajstić information content (AvgIpc) is 3.28. The van der Waals surface area contributed by atoms with E-state index in [1.807, 2.05) is 24.4 Å². The van der Waals surface area contributed by atoms with Crippen molar-refractivity contribution in [1.82, 2.24) is 19.9 Å². The van der Waals surface area contributed by atoms with Gasteiger partial charge in [0.2, 0.25) is 5.95 Å². The lowest BCUT2D eigenvalue weighted by Gasteiger charge is -2.29. The molecule has 0 radical (unpaired) electrons. The number of aromatic nitrogens is 3. The molecule has 0 atom stereocenters. The third-order valence-corrected chi connectivity index (χ3v) is 5.89. The number of halogens is 1. The number of rotatable bonds is 3. The van der Waals surface area contributed by atoms with Crippen LogP contribution in [-0.4, -0.2) is 40.0 Å². The van der Waals surface area contributed by atoms with Gasteiger partial charge in [-0.3, -0.25) is 0 Å². The molecule has 0 saturated carbocycles. The Bertz CT molecular complexity index is 1100. The molecule has 3 N–H and O–H groups in total. The Hall–Kier alpha value is -2.50. The van der Waals surface area contributed by atoms with Crippen LogP contribution in [0.3, 0.4) is 0 Å². The highest BCUT2D eigenvalue weighted by atomic mass is 35.5. The Morgan fingerprint density at radius 2 is 1.96 bits per heavy atom. The van der Waals surface area contributed by atoms with Crippen molar-refractivity contribution in [3.05, 3.63) is 53.2 Å². The van der Waals surface area contributed by atoms with Crippen molar-refractivity contribution < 1.29 is 0 Å². The molecule has 3 heterocycles. The molecule has 1 aliphatic heterocycles.